The zero-order chi connectivity index (χ0) is 91.9. The minimum Gasteiger partial charge on any atom is -0.461 e. The number of carbonyl (C=O) groups is 10. The van der Waals surface area contributed by atoms with Crippen molar-refractivity contribution in [2.75, 3.05) is 54.1 Å². The molecule has 6 rings (SSSR count). The van der Waals surface area contributed by atoms with Crippen LogP contribution in [0.1, 0.15) is 331 Å². The van der Waals surface area contributed by atoms with Gasteiger partial charge in [-0.25, -0.2) is 9.59 Å². The molecule has 2 aromatic carbocycles. The smallest absolute Gasteiger partial charge is 0.437 e. The first-order valence-electron chi connectivity index (χ1n) is 45.8. The summed E-state index contributed by atoms with van der Waals surface area (Å²) in [5.74, 6) is -7.26. The number of allylic oxidation sites excluding steroid dienone is 4. The number of aliphatic imine (C=N–C) groups is 2. The number of nitrogens with zero attached hydrogens (tertiary/aromatic N) is 6. The zero-order valence-electron chi connectivity index (χ0n) is 78.3. The maximum atomic E-state index is 12.6. The quantitative estimate of drug-likeness (QED) is 0.0940. The fourth-order valence-electron chi connectivity index (χ4n) is 11.5. The van der Waals surface area contributed by atoms with Crippen molar-refractivity contribution in [1.29, 1.82) is 10.8 Å². The lowest BCUT2D eigenvalue weighted by Crippen LogP contribution is -2.45. The van der Waals surface area contributed by atoms with Gasteiger partial charge in [0.25, 0.3) is 0 Å². The van der Waals surface area contributed by atoms with Crippen molar-refractivity contribution >= 4 is 83.5 Å². The fourth-order valence-corrected chi connectivity index (χ4v) is 11.5. The van der Waals surface area contributed by atoms with Crippen LogP contribution >= 0.6 is 0 Å². The van der Waals surface area contributed by atoms with Crippen LogP contribution in [0.15, 0.2) is 95.0 Å². The Morgan fingerprint density at radius 2 is 0.602 bits per heavy atom. The molecule has 4 aliphatic rings. The summed E-state index contributed by atoms with van der Waals surface area (Å²) in [4.78, 5) is 133. The van der Waals surface area contributed by atoms with Crippen LogP contribution in [0.5, 0.6) is 0 Å². The van der Waals surface area contributed by atoms with Crippen LogP contribution in [0.4, 0.5) is 9.59 Å². The number of ether oxygens (including phenoxy) is 6. The van der Waals surface area contributed by atoms with Crippen molar-refractivity contribution in [3.63, 3.8) is 0 Å². The Morgan fingerprint density at radius 3 is 0.890 bits per heavy atom. The Labute approximate surface area is 726 Å². The number of rotatable bonds is 4. The van der Waals surface area contributed by atoms with E-state index in [-0.39, 0.29) is 95.7 Å². The average Bonchev–Trinajstić information content (AvgIpc) is 0.834. The van der Waals surface area contributed by atoms with E-state index < -0.39 is 150 Å². The van der Waals surface area contributed by atoms with Crippen LogP contribution in [-0.2, 0) is 80.0 Å². The number of benzene rings is 2. The van der Waals surface area contributed by atoms with Crippen molar-refractivity contribution in [3.05, 3.63) is 96.1 Å². The van der Waals surface area contributed by atoms with E-state index >= 15 is 0 Å². The van der Waals surface area contributed by atoms with Gasteiger partial charge in [0.15, 0.2) is 11.9 Å². The molecule has 0 aromatic heterocycles. The largest absolute Gasteiger partial charge is 0.461 e. The van der Waals surface area contributed by atoms with Gasteiger partial charge in [0.1, 0.15) is 39.4 Å². The molecule has 28 heteroatoms. The van der Waals surface area contributed by atoms with Crippen LogP contribution < -0.4 is 21.3 Å². The predicted molar refractivity (Wildman–Crippen MR) is 474 cm³/mol. The summed E-state index contributed by atoms with van der Waals surface area (Å²) in [7, 11) is 0. The second-order valence-corrected chi connectivity index (χ2v) is 28.1. The number of nitrogens with one attached hydrogen (secondary N) is 6. The minimum absolute atomic E-state index is 0. The predicted octanol–water partition coefficient (Wildman–Crippen LogP) is 18.1. The normalized spacial score (nSPS) is 23.7. The van der Waals surface area contributed by atoms with E-state index in [2.05, 4.69) is 55.6 Å². The van der Waals surface area contributed by atoms with E-state index in [1.165, 1.54) is 12.8 Å². The zero-order valence-corrected chi connectivity index (χ0v) is 66.3. The third-order valence-electron chi connectivity index (χ3n) is 17.7. The molecule has 0 spiro atoms. The molecule has 2 fully saturated rings. The number of hydrogen-bond acceptors (Lipinski definition) is 18. The van der Waals surface area contributed by atoms with E-state index in [0.717, 1.165) is 154 Å². The Morgan fingerprint density at radius 1 is 0.364 bits per heavy atom. The summed E-state index contributed by atoms with van der Waals surface area (Å²) < 4.78 is 124. The van der Waals surface area contributed by atoms with Gasteiger partial charge in [-0.05, 0) is 167 Å². The third kappa shape index (κ3) is 60.0. The number of amides is 6. The standard InChI is InChI=1S/2C25H35N3O5.2C17H31N3O3.6CH4/c2*1-20-14-10-7-5-3-4-6-8-13-17-22(29)26-24(28(2)18-23(30)33-20)27-25(31)32-19-21-15-11-9-12-16-21;2*1-14-11-9-7-5-3-4-6-8-10-12-15(21)19-17(18)20(2)13-16(22)23-14;;;;;;/h2*3-4,9,11-12,15-16,20H,5-8,10,13-14,17-19H2,1-2H3,(H,26,27,29,31);2*14H,3-13H2,1-2H3,(H2,18,19,21);6*1H4/b2*4-3+;;;;;;;;/t2*20-;2*14-;;;;;;/m1010....../s1/i4*2D3;;;;;;. The van der Waals surface area contributed by atoms with Gasteiger partial charge in [0, 0.05) is 70.0 Å². The highest BCUT2D eigenvalue weighted by molar-refractivity contribution is 6.03. The van der Waals surface area contributed by atoms with Gasteiger partial charge < -0.3 is 48.0 Å². The molecule has 0 radical (unpaired) electrons. The highest BCUT2D eigenvalue weighted by atomic mass is 16.6. The van der Waals surface area contributed by atoms with Gasteiger partial charge in [-0.15, -0.1) is 9.98 Å². The summed E-state index contributed by atoms with van der Waals surface area (Å²) in [5.41, 5.74) is 1.41. The number of carbonyl (C=O) groups excluding carboxylic acids is 10. The van der Waals surface area contributed by atoms with Crippen molar-refractivity contribution in [2.24, 2.45) is 9.98 Å². The molecule has 4 heterocycles. The van der Waals surface area contributed by atoms with Crippen molar-refractivity contribution in [3.8, 4) is 0 Å². The van der Waals surface area contributed by atoms with E-state index in [4.69, 9.17) is 55.7 Å². The summed E-state index contributed by atoms with van der Waals surface area (Å²) in [6.07, 6.45) is 34.3. The molecule has 2 saturated heterocycles. The minimum atomic E-state index is -2.89. The summed E-state index contributed by atoms with van der Waals surface area (Å²) in [5, 5.41) is 25.1. The molecule has 2 aromatic rings. The highest BCUT2D eigenvalue weighted by Gasteiger charge is 2.23. The van der Waals surface area contributed by atoms with E-state index in [9.17, 15) is 47.9 Å². The third-order valence-corrected chi connectivity index (χ3v) is 17.7. The monoisotopic (exact) mass is 1670 g/mol. The SMILES string of the molecule is C.C.C.C.C.C.[2H]C([2H])([2H])N1CC(=O)O[C@@H](C)CCCC/C=C/CCCCC(=O)NC1=NC(=O)OCc1ccccc1.[2H]C([2H])([2H])N1CC(=O)O[C@@H](C)CCCCCCCCCCC(=O)NC1=N.[2H]C([2H])([2H])N1CC(=O)O[C@H](C)CCCC/C=C/CCCCC(=O)NC1=NC(=O)OCc1ccccc1.[2H]C([2H])([2H])N1CC(=O)O[C@H](C)CCCCCCCCCCC(=O)NC1=N. The maximum Gasteiger partial charge on any atom is 0.437 e. The van der Waals surface area contributed by atoms with Gasteiger partial charge in [0.2, 0.25) is 35.5 Å². The van der Waals surface area contributed by atoms with Crippen LogP contribution in [0, 0.1) is 10.8 Å². The number of guanidine groups is 4. The molecule has 6 amide bonds. The molecule has 4 aliphatic heterocycles. The molecule has 0 saturated carbocycles. The molecule has 28 nitrogen and oxygen atoms in total. The Balaban J connectivity index is -0.000000811. The number of likely N-dealkylation sites (N-methyl/N-ethyl adjacent to an activating group) is 4. The summed E-state index contributed by atoms with van der Waals surface area (Å²) >= 11 is 0. The topological polar surface area (TPSA) is 360 Å². The molecular weight excluding hydrogens is 1510 g/mol. The highest BCUT2D eigenvalue weighted by Crippen LogP contribution is 2.18. The van der Waals surface area contributed by atoms with Gasteiger partial charge in [-0.3, -0.25) is 70.4 Å². The number of esters is 4. The van der Waals surface area contributed by atoms with Gasteiger partial charge in [-0.1, -0.05) is 207 Å². The lowest BCUT2D eigenvalue weighted by atomic mass is 10.1. The number of cyclic esters (lactones) is 4. The van der Waals surface area contributed by atoms with Gasteiger partial charge in [0.05, 0.1) is 24.4 Å². The Hall–Kier alpha value is -9.50. The molecule has 6 N–H and O–H groups in total. The van der Waals surface area contributed by atoms with Crippen molar-refractivity contribution in [2.45, 2.75) is 341 Å². The Kier molecular flexibility index (Phi) is 56.1. The number of hydrogen-bond donors (Lipinski definition) is 6. The second-order valence-electron chi connectivity index (χ2n) is 28.1. The van der Waals surface area contributed by atoms with E-state index in [0.29, 0.717) is 69.3 Å². The van der Waals surface area contributed by atoms with Crippen molar-refractivity contribution < 1.29 is 92.8 Å². The van der Waals surface area contributed by atoms with Gasteiger partial charge in [-0.2, -0.15) is 0 Å². The summed E-state index contributed by atoms with van der Waals surface area (Å²) in [6.45, 7) is -7.00. The lowest BCUT2D eigenvalue weighted by Gasteiger charge is -2.22. The maximum absolute atomic E-state index is 12.6. The van der Waals surface area contributed by atoms with Crippen LogP contribution in [0.3, 0.4) is 0 Å². The first-order valence-corrected chi connectivity index (χ1v) is 39.8. The molecule has 4 atom stereocenters. The molecule has 0 bridgehead atoms. The molecular formula is C90H156N12O16. The van der Waals surface area contributed by atoms with E-state index in [1.54, 1.807) is 76.2 Å². The summed E-state index contributed by atoms with van der Waals surface area (Å²) in [6, 6.07) is 17.7. The van der Waals surface area contributed by atoms with E-state index in [1.807, 2.05) is 12.1 Å². The first kappa shape index (κ1) is 92.4. The molecule has 0 unspecified atom stereocenters. The first-order chi connectivity index (χ1) is 58.7. The molecule has 672 valence electrons. The van der Waals surface area contributed by atoms with Crippen molar-refractivity contribution in [1.82, 2.24) is 40.9 Å². The molecule has 118 heavy (non-hydrogen) atoms. The second kappa shape index (κ2) is 71.6. The van der Waals surface area contributed by atoms with Crippen LogP contribution in [0.2, 0.25) is 0 Å². The average molecular weight is 1670 g/mol. The van der Waals surface area contributed by atoms with Gasteiger partial charge >= 0.3 is 36.1 Å². The fraction of sp³-hybridized carbons (Fsp3) is 0.667. The lowest BCUT2D eigenvalue weighted by molar-refractivity contribution is -0.149. The Bertz CT molecular complexity index is 3490. The van der Waals surface area contributed by atoms with Crippen LogP contribution in [-0.4, -0.2) is 182 Å². The molecule has 0 aliphatic carbocycles. The van der Waals surface area contributed by atoms with Crippen LogP contribution in [0.25, 0.3) is 0 Å².